The van der Waals surface area contributed by atoms with Crippen molar-refractivity contribution in [3.8, 4) is 0 Å². The third kappa shape index (κ3) is 4.10. The highest BCUT2D eigenvalue weighted by Gasteiger charge is 2.26. The Morgan fingerprint density at radius 3 is 2.65 bits per heavy atom. The van der Waals surface area contributed by atoms with Crippen LogP contribution in [0.2, 0.25) is 0 Å². The van der Waals surface area contributed by atoms with Crippen LogP contribution in [0.1, 0.15) is 33.0 Å². The zero-order chi connectivity index (χ0) is 18.9. The van der Waals surface area contributed by atoms with E-state index in [1.165, 1.54) is 0 Å². The number of aromatic nitrogens is 6. The van der Waals surface area contributed by atoms with Gasteiger partial charge in [-0.05, 0) is 37.6 Å². The normalized spacial score (nSPS) is 17.6. The summed E-state index contributed by atoms with van der Waals surface area (Å²) in [4.78, 5) is 11.1. The number of aliphatic hydroxyl groups excluding tert-OH is 1. The number of rotatable bonds is 5. The monoisotopic (exact) mass is 362 g/mol. The number of aryl methyl sites for hydroxylation is 1. The fraction of sp³-hybridized carbons (Fsp3) is 0.667. The Kier molecular flexibility index (Phi) is 4.81. The van der Waals surface area contributed by atoms with Gasteiger partial charge in [0.2, 0.25) is 5.95 Å². The van der Waals surface area contributed by atoms with Crippen LogP contribution in [-0.4, -0.2) is 60.0 Å². The van der Waals surface area contributed by atoms with Crippen molar-refractivity contribution in [2.75, 3.05) is 34.4 Å². The molecule has 1 atom stereocenters. The van der Waals surface area contributed by atoms with Gasteiger partial charge < -0.3 is 26.4 Å². The number of nitrogens with one attached hydrogen (secondary N) is 2. The number of tetrazole rings is 1. The highest BCUT2D eigenvalue weighted by Crippen LogP contribution is 2.32. The second-order valence-electron chi connectivity index (χ2n) is 7.47. The summed E-state index contributed by atoms with van der Waals surface area (Å²) in [5, 5.41) is 27.7. The zero-order valence-electron chi connectivity index (χ0n) is 15.6. The smallest absolute Gasteiger partial charge is 0.227 e. The first kappa shape index (κ1) is 18.1. The minimum atomic E-state index is -0.371. The molecular formula is C15H26N10O. The Labute approximate surface area is 152 Å². The Bertz CT molecular complexity index is 768. The Balaban J connectivity index is 1.90. The van der Waals surface area contributed by atoms with Gasteiger partial charge in [-0.2, -0.15) is 9.97 Å². The zero-order valence-corrected chi connectivity index (χ0v) is 15.6. The maximum Gasteiger partial charge on any atom is 0.227 e. The number of aliphatic hydroxyl groups is 1. The van der Waals surface area contributed by atoms with Crippen LogP contribution in [0.15, 0.2) is 0 Å². The van der Waals surface area contributed by atoms with Crippen molar-refractivity contribution in [3.05, 3.63) is 5.82 Å². The van der Waals surface area contributed by atoms with Crippen molar-refractivity contribution in [2.45, 2.75) is 45.4 Å². The molecular weight excluding hydrogens is 336 g/mol. The summed E-state index contributed by atoms with van der Waals surface area (Å²) in [7, 11) is 1.77. The summed E-state index contributed by atoms with van der Waals surface area (Å²) in [6, 6.07) is 0. The SMILES string of the molecule is Cn1nnnc1CNc1nc(NC(C)(C)C)nc(N2CC[C@H](O)C2)c1N. The van der Waals surface area contributed by atoms with E-state index in [4.69, 9.17) is 5.73 Å². The maximum atomic E-state index is 9.85. The first-order chi connectivity index (χ1) is 12.2. The first-order valence-corrected chi connectivity index (χ1v) is 8.57. The summed E-state index contributed by atoms with van der Waals surface area (Å²) in [6.07, 6.45) is 0.322. The van der Waals surface area contributed by atoms with Crippen LogP contribution < -0.4 is 21.3 Å². The maximum absolute atomic E-state index is 9.85. The van der Waals surface area contributed by atoms with Crippen LogP contribution in [0.3, 0.4) is 0 Å². The lowest BCUT2D eigenvalue weighted by Crippen LogP contribution is -2.29. The van der Waals surface area contributed by atoms with Gasteiger partial charge in [0.15, 0.2) is 17.5 Å². The molecule has 11 nitrogen and oxygen atoms in total. The van der Waals surface area contributed by atoms with Crippen molar-refractivity contribution in [2.24, 2.45) is 7.05 Å². The molecule has 3 rings (SSSR count). The molecule has 1 aliphatic rings. The van der Waals surface area contributed by atoms with E-state index in [1.807, 2.05) is 25.7 Å². The topological polar surface area (TPSA) is 143 Å². The molecule has 1 fully saturated rings. The van der Waals surface area contributed by atoms with Crippen LogP contribution in [0.5, 0.6) is 0 Å². The second-order valence-corrected chi connectivity index (χ2v) is 7.47. The molecule has 3 heterocycles. The van der Waals surface area contributed by atoms with Crippen molar-refractivity contribution >= 4 is 23.3 Å². The molecule has 0 aromatic carbocycles. The summed E-state index contributed by atoms with van der Waals surface area (Å²) in [5.74, 6) is 2.25. The molecule has 2 aromatic rings. The largest absolute Gasteiger partial charge is 0.393 e. The molecule has 1 saturated heterocycles. The van der Waals surface area contributed by atoms with Gasteiger partial charge in [0.25, 0.3) is 0 Å². The number of nitrogens with two attached hydrogens (primary N) is 1. The van der Waals surface area contributed by atoms with E-state index >= 15 is 0 Å². The molecule has 5 N–H and O–H groups in total. The molecule has 26 heavy (non-hydrogen) atoms. The molecule has 0 saturated carbocycles. The van der Waals surface area contributed by atoms with E-state index in [0.29, 0.717) is 55.2 Å². The lowest BCUT2D eigenvalue weighted by Gasteiger charge is -2.25. The number of hydrogen-bond donors (Lipinski definition) is 4. The highest BCUT2D eigenvalue weighted by molar-refractivity contribution is 5.77. The van der Waals surface area contributed by atoms with Gasteiger partial charge in [-0.15, -0.1) is 5.10 Å². The van der Waals surface area contributed by atoms with Crippen molar-refractivity contribution in [1.82, 2.24) is 30.2 Å². The molecule has 0 amide bonds. The fourth-order valence-electron chi connectivity index (χ4n) is 2.72. The minimum absolute atomic E-state index is 0.206. The molecule has 11 heteroatoms. The van der Waals surface area contributed by atoms with E-state index < -0.39 is 0 Å². The van der Waals surface area contributed by atoms with Gasteiger partial charge in [-0.25, -0.2) is 4.68 Å². The van der Waals surface area contributed by atoms with Crippen LogP contribution in [0.4, 0.5) is 23.3 Å². The highest BCUT2D eigenvalue weighted by atomic mass is 16.3. The second kappa shape index (κ2) is 6.90. The molecule has 0 aliphatic carbocycles. The molecule has 142 valence electrons. The number of β-amino-alcohol motifs (C(OH)–C–C–N with tert-alkyl or cyclic N) is 1. The van der Waals surface area contributed by atoms with E-state index in [-0.39, 0.29) is 11.6 Å². The minimum Gasteiger partial charge on any atom is -0.393 e. The van der Waals surface area contributed by atoms with Crippen molar-refractivity contribution in [1.29, 1.82) is 0 Å². The first-order valence-electron chi connectivity index (χ1n) is 8.57. The summed E-state index contributed by atoms with van der Waals surface area (Å²) in [6.45, 7) is 7.67. The fourth-order valence-corrected chi connectivity index (χ4v) is 2.72. The summed E-state index contributed by atoms with van der Waals surface area (Å²) < 4.78 is 1.58. The number of hydrogen-bond acceptors (Lipinski definition) is 10. The van der Waals surface area contributed by atoms with Crippen LogP contribution in [0.25, 0.3) is 0 Å². The Hall–Kier alpha value is -2.69. The van der Waals surface area contributed by atoms with Gasteiger partial charge >= 0.3 is 0 Å². The van der Waals surface area contributed by atoms with Gasteiger partial charge in [-0.3, -0.25) is 0 Å². The van der Waals surface area contributed by atoms with Crippen LogP contribution in [-0.2, 0) is 13.6 Å². The Morgan fingerprint density at radius 2 is 2.08 bits per heavy atom. The predicted octanol–water partition coefficient (Wildman–Crippen LogP) is -0.0242. The van der Waals surface area contributed by atoms with Gasteiger partial charge in [0, 0.05) is 25.7 Å². The third-order valence-corrected chi connectivity index (χ3v) is 4.00. The van der Waals surface area contributed by atoms with Crippen LogP contribution >= 0.6 is 0 Å². The summed E-state index contributed by atoms with van der Waals surface area (Å²) in [5.41, 5.74) is 6.55. The van der Waals surface area contributed by atoms with E-state index in [1.54, 1.807) is 11.7 Å². The van der Waals surface area contributed by atoms with E-state index in [9.17, 15) is 5.11 Å². The Morgan fingerprint density at radius 1 is 1.31 bits per heavy atom. The average molecular weight is 362 g/mol. The summed E-state index contributed by atoms with van der Waals surface area (Å²) >= 11 is 0. The molecule has 2 aromatic heterocycles. The van der Waals surface area contributed by atoms with Gasteiger partial charge in [-0.1, -0.05) is 0 Å². The standard InChI is InChI=1S/C15H26N10O/c1-15(2,3)20-14-18-12(17-7-10-21-22-23-24(10)4)11(16)13(19-14)25-6-5-9(26)8-25/h9,26H,5-8,16H2,1-4H3,(H2,17,18,19,20)/t9-/m0/s1. The molecule has 0 spiro atoms. The van der Waals surface area contributed by atoms with Gasteiger partial charge in [0.05, 0.1) is 12.6 Å². The number of nitrogens with zero attached hydrogens (tertiary/aromatic N) is 7. The molecule has 1 aliphatic heterocycles. The molecule has 0 bridgehead atoms. The van der Waals surface area contributed by atoms with Gasteiger partial charge in [0.1, 0.15) is 5.69 Å². The van der Waals surface area contributed by atoms with Crippen molar-refractivity contribution in [3.63, 3.8) is 0 Å². The lowest BCUT2D eigenvalue weighted by molar-refractivity contribution is 0.198. The predicted molar refractivity (Wildman–Crippen MR) is 98.8 cm³/mol. The van der Waals surface area contributed by atoms with E-state index in [2.05, 4.69) is 36.1 Å². The third-order valence-electron chi connectivity index (χ3n) is 4.00. The lowest BCUT2D eigenvalue weighted by atomic mass is 10.1. The molecule has 0 radical (unpaired) electrons. The van der Waals surface area contributed by atoms with E-state index in [0.717, 1.165) is 0 Å². The van der Waals surface area contributed by atoms with Crippen LogP contribution in [0, 0.1) is 0 Å². The van der Waals surface area contributed by atoms with Crippen molar-refractivity contribution < 1.29 is 5.11 Å². The number of nitrogen functional groups attached to an aromatic ring is 1. The average Bonchev–Trinajstić information content (AvgIpc) is 3.14. The quantitative estimate of drug-likeness (QED) is 0.572. The molecule has 0 unspecified atom stereocenters. The number of anilines is 4.